The molecule has 1 heterocycles. The molecule has 0 fully saturated rings. The Kier molecular flexibility index (Phi) is 4.46. The average molecular weight is 341 g/mol. The minimum atomic E-state index is -0.474. The van der Waals surface area contributed by atoms with E-state index in [0.29, 0.717) is 22.3 Å². The molecule has 0 saturated carbocycles. The third-order valence-electron chi connectivity index (χ3n) is 2.78. The van der Waals surface area contributed by atoms with Gasteiger partial charge >= 0.3 is 0 Å². The summed E-state index contributed by atoms with van der Waals surface area (Å²) >= 11 is 3.22. The number of aromatic nitrogens is 2. The number of hydrogen-bond donors (Lipinski definition) is 1. The van der Waals surface area contributed by atoms with Gasteiger partial charge in [0.1, 0.15) is 0 Å². The van der Waals surface area contributed by atoms with Crippen molar-refractivity contribution in [2.45, 2.75) is 25.8 Å². The first-order valence-corrected chi connectivity index (χ1v) is 6.82. The van der Waals surface area contributed by atoms with Crippen LogP contribution in [0.15, 0.2) is 27.2 Å². The van der Waals surface area contributed by atoms with Gasteiger partial charge in [0.2, 0.25) is 0 Å². The molecule has 1 aromatic heterocycles. The van der Waals surface area contributed by atoms with Gasteiger partial charge in [-0.1, -0.05) is 28.0 Å². The maximum atomic E-state index is 10.8. The van der Waals surface area contributed by atoms with Crippen LogP contribution >= 0.6 is 15.9 Å². The molecule has 20 heavy (non-hydrogen) atoms. The van der Waals surface area contributed by atoms with E-state index in [1.807, 2.05) is 6.92 Å². The Morgan fingerprint density at radius 3 is 2.90 bits per heavy atom. The summed E-state index contributed by atoms with van der Waals surface area (Å²) in [5.41, 5.74) is 6.28. The smallest absolute Gasteiger partial charge is 0.271 e. The maximum Gasteiger partial charge on any atom is 0.271 e. The highest BCUT2D eigenvalue weighted by Crippen LogP contribution is 2.27. The second kappa shape index (κ2) is 6.10. The normalized spacial score (nSPS) is 12.3. The molecule has 2 rings (SSSR count). The molecule has 1 atom stereocenters. The fraction of sp³-hybridized carbons (Fsp3) is 0.333. The van der Waals surface area contributed by atoms with Gasteiger partial charge in [0.25, 0.3) is 11.6 Å². The van der Waals surface area contributed by atoms with Gasteiger partial charge in [-0.25, -0.2) is 0 Å². The molecule has 0 radical (unpaired) electrons. The number of non-ortho nitro benzene ring substituents is 1. The van der Waals surface area contributed by atoms with Crippen molar-refractivity contribution in [3.63, 3.8) is 0 Å². The van der Waals surface area contributed by atoms with Crippen molar-refractivity contribution in [2.24, 2.45) is 5.73 Å². The van der Waals surface area contributed by atoms with Crippen molar-refractivity contribution in [3.05, 3.63) is 38.6 Å². The Balaban J connectivity index is 2.30. The number of nitro benzene ring substituents is 1. The highest BCUT2D eigenvalue weighted by atomic mass is 79.9. The number of benzene rings is 1. The lowest BCUT2D eigenvalue weighted by Gasteiger charge is -2.02. The molecule has 0 aliphatic heterocycles. The largest absolute Gasteiger partial charge is 0.334 e. The molecule has 2 N–H and O–H groups in total. The summed E-state index contributed by atoms with van der Waals surface area (Å²) in [5.74, 6) is 0.740. The van der Waals surface area contributed by atoms with Crippen LogP contribution in [0.4, 0.5) is 5.69 Å². The number of nitro groups is 1. The zero-order valence-corrected chi connectivity index (χ0v) is 12.3. The van der Waals surface area contributed by atoms with Gasteiger partial charge in [-0.3, -0.25) is 10.1 Å². The van der Waals surface area contributed by atoms with E-state index in [2.05, 4.69) is 26.1 Å². The van der Waals surface area contributed by atoms with Crippen molar-refractivity contribution in [2.75, 3.05) is 0 Å². The summed E-state index contributed by atoms with van der Waals surface area (Å²) < 4.78 is 5.70. The minimum Gasteiger partial charge on any atom is -0.334 e. The topological polar surface area (TPSA) is 108 Å². The molecule has 0 aliphatic carbocycles. The molecular weight excluding hydrogens is 328 g/mol. The Labute approximate surface area is 123 Å². The second-order valence-electron chi connectivity index (χ2n) is 4.34. The van der Waals surface area contributed by atoms with Crippen molar-refractivity contribution >= 4 is 21.6 Å². The lowest BCUT2D eigenvalue weighted by Crippen LogP contribution is -2.21. The van der Waals surface area contributed by atoms with E-state index in [-0.39, 0.29) is 17.6 Å². The third kappa shape index (κ3) is 3.40. The molecule has 8 heteroatoms. The predicted octanol–water partition coefficient (Wildman–Crippen LogP) is 2.69. The van der Waals surface area contributed by atoms with E-state index in [1.54, 1.807) is 6.07 Å². The number of nitrogens with zero attached hydrogens (tertiary/aromatic N) is 3. The van der Waals surface area contributed by atoms with E-state index in [4.69, 9.17) is 10.3 Å². The van der Waals surface area contributed by atoms with Crippen molar-refractivity contribution in [3.8, 4) is 11.5 Å². The molecule has 0 spiro atoms. The van der Waals surface area contributed by atoms with E-state index in [1.165, 1.54) is 12.1 Å². The maximum absolute atomic E-state index is 10.8. The summed E-state index contributed by atoms with van der Waals surface area (Å²) in [7, 11) is 0. The monoisotopic (exact) mass is 340 g/mol. The minimum absolute atomic E-state index is 0.0303. The molecule has 106 valence electrons. The van der Waals surface area contributed by atoms with Gasteiger partial charge in [0, 0.05) is 34.6 Å². The SMILES string of the molecule is CCC(N)Cc1noc(-c2cc(Br)cc([N+](=O)[O-])c2)n1. The van der Waals surface area contributed by atoms with Gasteiger partial charge in [0.05, 0.1) is 4.92 Å². The molecule has 0 bridgehead atoms. The van der Waals surface area contributed by atoms with Crippen LogP contribution in [0.1, 0.15) is 19.2 Å². The first-order valence-electron chi connectivity index (χ1n) is 6.03. The van der Waals surface area contributed by atoms with Crippen LogP contribution in [-0.4, -0.2) is 21.1 Å². The van der Waals surface area contributed by atoms with Crippen LogP contribution in [0.3, 0.4) is 0 Å². The number of hydrogen-bond acceptors (Lipinski definition) is 6. The third-order valence-corrected chi connectivity index (χ3v) is 3.24. The van der Waals surface area contributed by atoms with Gasteiger partial charge in [-0.2, -0.15) is 4.98 Å². The van der Waals surface area contributed by atoms with Crippen LogP contribution in [0.25, 0.3) is 11.5 Å². The number of rotatable bonds is 5. The summed E-state index contributed by atoms with van der Waals surface area (Å²) in [6.07, 6.45) is 1.32. The first kappa shape index (κ1) is 14.6. The zero-order chi connectivity index (χ0) is 14.7. The molecule has 7 nitrogen and oxygen atoms in total. The number of halogens is 1. The van der Waals surface area contributed by atoms with Crippen LogP contribution in [0.2, 0.25) is 0 Å². The summed E-state index contributed by atoms with van der Waals surface area (Å²) in [6.45, 7) is 1.98. The molecule has 0 amide bonds. The Bertz CT molecular complexity index is 629. The first-order chi connectivity index (χ1) is 9.49. The fourth-order valence-electron chi connectivity index (χ4n) is 1.64. The standard InChI is InChI=1S/C12H13BrN4O3/c1-2-9(14)6-11-15-12(20-16-11)7-3-8(13)5-10(4-7)17(18)19/h3-5,9H,2,6,14H2,1H3. The predicted molar refractivity (Wildman–Crippen MR) is 76.1 cm³/mol. The molecule has 1 unspecified atom stereocenters. The Hall–Kier alpha value is -1.80. The van der Waals surface area contributed by atoms with Crippen LogP contribution in [0.5, 0.6) is 0 Å². The molecule has 0 aliphatic rings. The molecule has 2 aromatic rings. The lowest BCUT2D eigenvalue weighted by molar-refractivity contribution is -0.384. The van der Waals surface area contributed by atoms with E-state index >= 15 is 0 Å². The summed E-state index contributed by atoms with van der Waals surface area (Å²) in [4.78, 5) is 14.6. The zero-order valence-electron chi connectivity index (χ0n) is 10.7. The van der Waals surface area contributed by atoms with Crippen LogP contribution < -0.4 is 5.73 Å². The lowest BCUT2D eigenvalue weighted by atomic mass is 10.1. The van der Waals surface area contributed by atoms with Gasteiger partial charge in [-0.15, -0.1) is 0 Å². The van der Waals surface area contributed by atoms with Gasteiger partial charge in [-0.05, 0) is 12.5 Å². The van der Waals surface area contributed by atoms with Crippen LogP contribution in [-0.2, 0) is 6.42 Å². The quantitative estimate of drug-likeness (QED) is 0.662. The second-order valence-corrected chi connectivity index (χ2v) is 5.26. The highest BCUT2D eigenvalue weighted by molar-refractivity contribution is 9.10. The summed E-state index contributed by atoms with van der Waals surface area (Å²) in [5, 5.41) is 14.7. The van der Waals surface area contributed by atoms with Crippen LogP contribution in [0, 0.1) is 10.1 Å². The van der Waals surface area contributed by atoms with Gasteiger partial charge in [0.15, 0.2) is 5.82 Å². The van der Waals surface area contributed by atoms with Crippen molar-refractivity contribution in [1.82, 2.24) is 10.1 Å². The van der Waals surface area contributed by atoms with Crippen molar-refractivity contribution < 1.29 is 9.45 Å². The van der Waals surface area contributed by atoms with E-state index < -0.39 is 4.92 Å². The Morgan fingerprint density at radius 2 is 2.25 bits per heavy atom. The van der Waals surface area contributed by atoms with Crippen molar-refractivity contribution in [1.29, 1.82) is 0 Å². The molecule has 1 aromatic carbocycles. The summed E-state index contributed by atoms with van der Waals surface area (Å²) in [6, 6.07) is 4.46. The fourth-order valence-corrected chi connectivity index (χ4v) is 2.12. The van der Waals surface area contributed by atoms with Gasteiger partial charge < -0.3 is 10.3 Å². The average Bonchev–Trinajstić information content (AvgIpc) is 2.86. The Morgan fingerprint density at radius 1 is 1.50 bits per heavy atom. The van der Waals surface area contributed by atoms with E-state index in [0.717, 1.165) is 6.42 Å². The van der Waals surface area contributed by atoms with E-state index in [9.17, 15) is 10.1 Å². The molecular formula is C12H13BrN4O3. The number of nitrogens with two attached hydrogens (primary N) is 1. The molecule has 0 saturated heterocycles. The highest BCUT2D eigenvalue weighted by Gasteiger charge is 2.15.